The second-order valence-corrected chi connectivity index (χ2v) is 6.90. The van der Waals surface area contributed by atoms with Crippen molar-refractivity contribution in [1.29, 1.82) is 10.8 Å². The standard InChI is InChI=1S/C21H27N3O6/c1-3-14(20(27)28)18(22)16(25)11-24(10-13-8-6-5-7-9-13)12-17(26)19(23)15(4-2)21(29)30/h5-9,14-15,22-23H,3-4,10-12H2,1-2H3,(H,27,28)(H,29,30)/t14-,15?/m1/s1. The van der Waals surface area contributed by atoms with Gasteiger partial charge in [-0.2, -0.15) is 0 Å². The highest BCUT2D eigenvalue weighted by molar-refractivity contribution is 6.44. The number of nitrogens with one attached hydrogen (secondary N) is 2. The van der Waals surface area contributed by atoms with E-state index in [0.29, 0.717) is 0 Å². The molecule has 0 saturated carbocycles. The van der Waals surface area contributed by atoms with Crippen LogP contribution < -0.4 is 0 Å². The van der Waals surface area contributed by atoms with Crippen LogP contribution in [-0.4, -0.2) is 63.1 Å². The Morgan fingerprint density at radius 2 is 1.23 bits per heavy atom. The first-order valence-electron chi connectivity index (χ1n) is 9.57. The molecular weight excluding hydrogens is 390 g/mol. The third kappa shape index (κ3) is 7.00. The summed E-state index contributed by atoms with van der Waals surface area (Å²) in [6, 6.07) is 8.90. The Morgan fingerprint density at radius 1 is 0.833 bits per heavy atom. The van der Waals surface area contributed by atoms with Gasteiger partial charge in [-0.1, -0.05) is 44.2 Å². The molecule has 1 aromatic rings. The van der Waals surface area contributed by atoms with Gasteiger partial charge in [0.05, 0.1) is 24.5 Å². The number of hydrogen-bond donors (Lipinski definition) is 4. The zero-order valence-corrected chi connectivity index (χ0v) is 17.1. The number of aliphatic carboxylic acids is 2. The summed E-state index contributed by atoms with van der Waals surface area (Å²) in [6.45, 7) is 2.49. The van der Waals surface area contributed by atoms with Crippen molar-refractivity contribution in [3.63, 3.8) is 0 Å². The lowest BCUT2D eigenvalue weighted by atomic mass is 9.96. The normalized spacial score (nSPS) is 12.8. The van der Waals surface area contributed by atoms with Gasteiger partial charge in [-0.05, 0) is 18.4 Å². The maximum absolute atomic E-state index is 12.5. The molecule has 0 aliphatic heterocycles. The number of Topliss-reactive ketones (excluding diaryl/α,β-unsaturated/α-hetero) is 2. The van der Waals surface area contributed by atoms with Gasteiger partial charge in [-0.25, -0.2) is 0 Å². The molecule has 0 aliphatic rings. The minimum Gasteiger partial charge on any atom is -0.481 e. The molecule has 2 atom stereocenters. The van der Waals surface area contributed by atoms with E-state index in [1.54, 1.807) is 44.2 Å². The van der Waals surface area contributed by atoms with Crippen LogP contribution in [0.1, 0.15) is 32.3 Å². The van der Waals surface area contributed by atoms with Gasteiger partial charge in [0, 0.05) is 6.54 Å². The lowest BCUT2D eigenvalue weighted by molar-refractivity contribution is -0.140. The van der Waals surface area contributed by atoms with Crippen molar-refractivity contribution >= 4 is 34.9 Å². The predicted octanol–water partition coefficient (Wildman–Crippen LogP) is 1.89. The Kier molecular flexibility index (Phi) is 9.70. The largest absolute Gasteiger partial charge is 0.481 e. The number of benzene rings is 1. The second kappa shape index (κ2) is 11.7. The fourth-order valence-electron chi connectivity index (χ4n) is 2.98. The average molecular weight is 417 g/mol. The summed E-state index contributed by atoms with van der Waals surface area (Å²) in [7, 11) is 0. The Morgan fingerprint density at radius 3 is 1.57 bits per heavy atom. The van der Waals surface area contributed by atoms with Crippen molar-refractivity contribution in [3.05, 3.63) is 35.9 Å². The van der Waals surface area contributed by atoms with Crippen molar-refractivity contribution in [2.75, 3.05) is 13.1 Å². The minimum atomic E-state index is -1.27. The second-order valence-electron chi connectivity index (χ2n) is 6.90. The Bertz CT molecular complexity index is 773. The zero-order valence-electron chi connectivity index (χ0n) is 17.1. The summed E-state index contributed by atoms with van der Waals surface area (Å²) in [4.78, 5) is 48.9. The summed E-state index contributed by atoms with van der Waals surface area (Å²) < 4.78 is 0. The van der Waals surface area contributed by atoms with E-state index in [1.807, 2.05) is 0 Å². The molecule has 0 bridgehead atoms. The summed E-state index contributed by atoms with van der Waals surface area (Å²) >= 11 is 0. The molecular formula is C21H27N3O6. The molecule has 0 heterocycles. The molecule has 0 saturated heterocycles. The highest BCUT2D eigenvalue weighted by Crippen LogP contribution is 2.11. The van der Waals surface area contributed by atoms with Crippen molar-refractivity contribution in [2.24, 2.45) is 11.8 Å². The van der Waals surface area contributed by atoms with Gasteiger partial charge in [0.2, 0.25) is 0 Å². The molecule has 0 aromatic heterocycles. The Balaban J connectivity index is 3.02. The molecule has 0 amide bonds. The third-order valence-corrected chi connectivity index (χ3v) is 4.69. The van der Waals surface area contributed by atoms with Crippen LogP contribution in [0.3, 0.4) is 0 Å². The summed E-state index contributed by atoms with van der Waals surface area (Å²) in [5, 5.41) is 34.2. The predicted molar refractivity (Wildman–Crippen MR) is 110 cm³/mol. The van der Waals surface area contributed by atoms with Crippen LogP contribution in [0.2, 0.25) is 0 Å². The van der Waals surface area contributed by atoms with E-state index in [9.17, 15) is 29.4 Å². The number of nitrogens with zero attached hydrogens (tertiary/aromatic N) is 1. The van der Waals surface area contributed by atoms with Crippen LogP contribution in [0, 0.1) is 22.7 Å². The first-order valence-corrected chi connectivity index (χ1v) is 9.57. The third-order valence-electron chi connectivity index (χ3n) is 4.69. The first-order chi connectivity index (χ1) is 14.1. The van der Waals surface area contributed by atoms with Crippen LogP contribution in [0.5, 0.6) is 0 Å². The highest BCUT2D eigenvalue weighted by Gasteiger charge is 2.30. The number of carbonyl (C=O) groups excluding carboxylic acids is 2. The Hall–Kier alpha value is -3.20. The van der Waals surface area contributed by atoms with E-state index < -0.39 is 46.8 Å². The van der Waals surface area contributed by atoms with Crippen LogP contribution in [0.25, 0.3) is 0 Å². The zero-order chi connectivity index (χ0) is 22.8. The van der Waals surface area contributed by atoms with Gasteiger partial charge >= 0.3 is 11.9 Å². The van der Waals surface area contributed by atoms with Crippen molar-refractivity contribution in [3.8, 4) is 0 Å². The van der Waals surface area contributed by atoms with Gasteiger partial charge < -0.3 is 21.0 Å². The van der Waals surface area contributed by atoms with E-state index in [4.69, 9.17) is 10.8 Å². The quantitative estimate of drug-likeness (QED) is 0.336. The fraction of sp³-hybridized carbons (Fsp3) is 0.429. The number of carboxylic acid groups (broad SMARTS) is 2. The lowest BCUT2D eigenvalue weighted by Gasteiger charge is -2.23. The minimum absolute atomic E-state index is 0.0823. The van der Waals surface area contributed by atoms with Gasteiger partial charge in [0.25, 0.3) is 0 Å². The van der Waals surface area contributed by atoms with E-state index >= 15 is 0 Å². The number of carbonyl (C=O) groups is 4. The van der Waals surface area contributed by atoms with Crippen LogP contribution in [0.15, 0.2) is 30.3 Å². The molecule has 9 heteroatoms. The van der Waals surface area contributed by atoms with E-state index in [-0.39, 0.29) is 32.5 Å². The monoisotopic (exact) mass is 417 g/mol. The molecule has 1 rings (SSSR count). The van der Waals surface area contributed by atoms with Gasteiger partial charge in [-0.15, -0.1) is 0 Å². The molecule has 1 unspecified atom stereocenters. The smallest absolute Gasteiger partial charge is 0.312 e. The topological polar surface area (TPSA) is 160 Å². The summed E-state index contributed by atoms with van der Waals surface area (Å²) in [5.41, 5.74) is -0.336. The molecule has 0 fully saturated rings. The number of hydrogen-bond acceptors (Lipinski definition) is 7. The van der Waals surface area contributed by atoms with Gasteiger partial charge in [-0.3, -0.25) is 24.1 Å². The Labute approximate surface area is 174 Å². The average Bonchev–Trinajstić information content (AvgIpc) is 2.68. The molecule has 9 nitrogen and oxygen atoms in total. The number of rotatable bonds is 14. The van der Waals surface area contributed by atoms with Crippen LogP contribution >= 0.6 is 0 Å². The van der Waals surface area contributed by atoms with Crippen LogP contribution in [-0.2, 0) is 25.7 Å². The van der Waals surface area contributed by atoms with Crippen LogP contribution in [0.4, 0.5) is 0 Å². The first kappa shape index (κ1) is 24.8. The van der Waals surface area contributed by atoms with Gasteiger partial charge in [0.1, 0.15) is 11.8 Å². The van der Waals surface area contributed by atoms with Gasteiger partial charge in [0.15, 0.2) is 11.6 Å². The molecule has 30 heavy (non-hydrogen) atoms. The fourth-order valence-corrected chi connectivity index (χ4v) is 2.98. The molecule has 0 aliphatic carbocycles. The molecule has 0 radical (unpaired) electrons. The number of ketones is 2. The lowest BCUT2D eigenvalue weighted by Crippen LogP contribution is -2.42. The number of carboxylic acids is 2. The van der Waals surface area contributed by atoms with E-state index in [1.165, 1.54) is 4.90 Å². The highest BCUT2D eigenvalue weighted by atomic mass is 16.4. The maximum atomic E-state index is 12.5. The molecule has 1 aromatic carbocycles. The molecule has 0 spiro atoms. The van der Waals surface area contributed by atoms with E-state index in [0.717, 1.165) is 5.56 Å². The maximum Gasteiger partial charge on any atom is 0.312 e. The summed E-state index contributed by atoms with van der Waals surface area (Å²) in [5.74, 6) is -6.47. The van der Waals surface area contributed by atoms with Crippen molar-refractivity contribution < 1.29 is 29.4 Å². The van der Waals surface area contributed by atoms with E-state index in [2.05, 4.69) is 0 Å². The van der Waals surface area contributed by atoms with Crippen molar-refractivity contribution in [2.45, 2.75) is 33.2 Å². The molecule has 4 N–H and O–H groups in total. The van der Waals surface area contributed by atoms with Crippen molar-refractivity contribution in [1.82, 2.24) is 4.90 Å². The SMILES string of the molecule is CCC(C(=N)C(=O)CN(CC(=O)C(=N)[C@@H](CC)C(=O)O)Cc1ccccc1)C(=O)O. The summed E-state index contributed by atoms with van der Waals surface area (Å²) in [6.07, 6.45) is 0.165. The molecule has 162 valence electrons.